The molecule has 78 valence electrons. The summed E-state index contributed by atoms with van der Waals surface area (Å²) >= 11 is 0. The Bertz CT molecular complexity index is 284. The van der Waals surface area contributed by atoms with Crippen LogP contribution in [0.5, 0.6) is 5.75 Å². The van der Waals surface area contributed by atoms with E-state index in [1.54, 1.807) is 12.1 Å². The van der Waals surface area contributed by atoms with Gasteiger partial charge in [-0.1, -0.05) is 32.9 Å². The lowest BCUT2D eigenvalue weighted by atomic mass is 9.84. The summed E-state index contributed by atoms with van der Waals surface area (Å²) in [5.74, 6) is 0.304. The van der Waals surface area contributed by atoms with Crippen LogP contribution in [0.2, 0.25) is 0 Å². The zero-order valence-electron chi connectivity index (χ0n) is 9.12. The lowest BCUT2D eigenvalue weighted by molar-refractivity contribution is 0.318. The molecule has 0 unspecified atom stereocenters. The maximum absolute atomic E-state index is 9.12. The third-order valence-electron chi connectivity index (χ3n) is 2.50. The number of benzene rings is 1. The highest BCUT2D eigenvalue weighted by Crippen LogP contribution is 2.21. The molecule has 1 aromatic rings. The van der Waals surface area contributed by atoms with Crippen molar-refractivity contribution in [2.24, 2.45) is 11.1 Å². The van der Waals surface area contributed by atoms with E-state index in [0.717, 1.165) is 6.42 Å². The van der Waals surface area contributed by atoms with Crippen LogP contribution in [-0.2, 0) is 6.42 Å². The first-order valence-electron chi connectivity index (χ1n) is 4.93. The Balaban J connectivity index is 2.65. The SMILES string of the molecule is CC(C)(C)[C@@H](N)Cc1ccc(O)cc1. The smallest absolute Gasteiger partial charge is 0.115 e. The highest BCUT2D eigenvalue weighted by Gasteiger charge is 2.20. The minimum Gasteiger partial charge on any atom is -0.508 e. The van der Waals surface area contributed by atoms with Gasteiger partial charge in [-0.25, -0.2) is 0 Å². The summed E-state index contributed by atoms with van der Waals surface area (Å²) in [5.41, 5.74) is 7.35. The molecule has 0 spiro atoms. The average molecular weight is 193 g/mol. The van der Waals surface area contributed by atoms with Gasteiger partial charge in [0.2, 0.25) is 0 Å². The molecule has 0 aliphatic rings. The van der Waals surface area contributed by atoms with Crippen LogP contribution in [0, 0.1) is 5.41 Å². The highest BCUT2D eigenvalue weighted by molar-refractivity contribution is 5.26. The van der Waals surface area contributed by atoms with E-state index >= 15 is 0 Å². The molecule has 0 amide bonds. The zero-order chi connectivity index (χ0) is 10.8. The van der Waals surface area contributed by atoms with Crippen molar-refractivity contribution in [3.8, 4) is 5.75 Å². The second kappa shape index (κ2) is 4.01. The lowest BCUT2D eigenvalue weighted by Gasteiger charge is -2.27. The Kier molecular flexibility index (Phi) is 3.17. The van der Waals surface area contributed by atoms with Crippen LogP contribution in [0.4, 0.5) is 0 Å². The van der Waals surface area contributed by atoms with Crippen molar-refractivity contribution >= 4 is 0 Å². The van der Waals surface area contributed by atoms with Gasteiger partial charge in [-0.05, 0) is 29.5 Å². The molecule has 0 radical (unpaired) electrons. The monoisotopic (exact) mass is 193 g/mol. The first kappa shape index (κ1) is 11.1. The zero-order valence-corrected chi connectivity index (χ0v) is 9.12. The third kappa shape index (κ3) is 3.04. The van der Waals surface area contributed by atoms with E-state index in [0.29, 0.717) is 5.75 Å². The predicted molar refractivity (Wildman–Crippen MR) is 59.2 cm³/mol. The first-order chi connectivity index (χ1) is 6.39. The number of rotatable bonds is 2. The van der Waals surface area contributed by atoms with Gasteiger partial charge in [0, 0.05) is 6.04 Å². The largest absolute Gasteiger partial charge is 0.508 e. The summed E-state index contributed by atoms with van der Waals surface area (Å²) < 4.78 is 0. The fraction of sp³-hybridized carbons (Fsp3) is 0.500. The first-order valence-corrected chi connectivity index (χ1v) is 4.93. The molecule has 1 aromatic carbocycles. The van der Waals surface area contributed by atoms with Gasteiger partial charge in [0.1, 0.15) is 5.75 Å². The average Bonchev–Trinajstić information content (AvgIpc) is 2.07. The summed E-state index contributed by atoms with van der Waals surface area (Å²) in [7, 11) is 0. The normalized spacial score (nSPS) is 14.0. The molecule has 1 atom stereocenters. The third-order valence-corrected chi connectivity index (χ3v) is 2.50. The van der Waals surface area contributed by atoms with Gasteiger partial charge in [0.15, 0.2) is 0 Å². The summed E-state index contributed by atoms with van der Waals surface area (Å²) in [6.45, 7) is 6.41. The van der Waals surface area contributed by atoms with E-state index in [2.05, 4.69) is 20.8 Å². The molecule has 0 aliphatic heterocycles. The lowest BCUT2D eigenvalue weighted by Crippen LogP contribution is -2.36. The Morgan fingerprint density at radius 1 is 1.21 bits per heavy atom. The maximum atomic E-state index is 9.12. The molecule has 1 rings (SSSR count). The molecule has 0 aliphatic carbocycles. The molecule has 0 saturated carbocycles. The molecule has 2 heteroatoms. The van der Waals surface area contributed by atoms with E-state index in [-0.39, 0.29) is 11.5 Å². The highest BCUT2D eigenvalue weighted by atomic mass is 16.3. The molecule has 0 heterocycles. The van der Waals surface area contributed by atoms with Crippen molar-refractivity contribution < 1.29 is 5.11 Å². The summed E-state index contributed by atoms with van der Waals surface area (Å²) in [6.07, 6.45) is 0.851. The molecular weight excluding hydrogens is 174 g/mol. The molecule has 0 saturated heterocycles. The van der Waals surface area contributed by atoms with Crippen LogP contribution >= 0.6 is 0 Å². The number of nitrogens with two attached hydrogens (primary N) is 1. The fourth-order valence-corrected chi connectivity index (χ4v) is 1.19. The Morgan fingerprint density at radius 3 is 2.14 bits per heavy atom. The van der Waals surface area contributed by atoms with Crippen LogP contribution < -0.4 is 5.73 Å². The van der Waals surface area contributed by atoms with Crippen molar-refractivity contribution in [2.45, 2.75) is 33.2 Å². The minimum absolute atomic E-state index is 0.123. The summed E-state index contributed by atoms with van der Waals surface area (Å²) in [4.78, 5) is 0. The van der Waals surface area contributed by atoms with Crippen LogP contribution in [0.1, 0.15) is 26.3 Å². The second-order valence-corrected chi connectivity index (χ2v) is 4.84. The minimum atomic E-state index is 0.123. The molecule has 0 aromatic heterocycles. The van der Waals surface area contributed by atoms with Gasteiger partial charge >= 0.3 is 0 Å². The van der Waals surface area contributed by atoms with Gasteiger partial charge in [0.25, 0.3) is 0 Å². The topological polar surface area (TPSA) is 46.2 Å². The summed E-state index contributed by atoms with van der Waals surface area (Å²) in [5, 5.41) is 9.12. The van der Waals surface area contributed by atoms with E-state index < -0.39 is 0 Å². The molecule has 0 bridgehead atoms. The van der Waals surface area contributed by atoms with Crippen molar-refractivity contribution in [1.82, 2.24) is 0 Å². The van der Waals surface area contributed by atoms with Crippen LogP contribution in [-0.4, -0.2) is 11.1 Å². The quantitative estimate of drug-likeness (QED) is 0.757. The molecule has 0 fully saturated rings. The van der Waals surface area contributed by atoms with Gasteiger partial charge in [0.05, 0.1) is 0 Å². The Labute approximate surface area is 85.8 Å². The van der Waals surface area contributed by atoms with Gasteiger partial charge in [-0.2, -0.15) is 0 Å². The fourth-order valence-electron chi connectivity index (χ4n) is 1.19. The molecule has 2 nitrogen and oxygen atoms in total. The number of phenolic OH excluding ortho intramolecular Hbond substituents is 1. The van der Waals surface area contributed by atoms with Gasteiger partial charge in [-0.15, -0.1) is 0 Å². The number of hydrogen-bond acceptors (Lipinski definition) is 2. The van der Waals surface area contributed by atoms with E-state index in [9.17, 15) is 0 Å². The number of phenols is 1. The van der Waals surface area contributed by atoms with E-state index in [1.165, 1.54) is 5.56 Å². The Morgan fingerprint density at radius 2 is 1.71 bits per heavy atom. The summed E-state index contributed by atoms with van der Waals surface area (Å²) in [6, 6.07) is 7.38. The van der Waals surface area contributed by atoms with Gasteiger partial charge in [-0.3, -0.25) is 0 Å². The Hall–Kier alpha value is -1.02. The molecule has 3 N–H and O–H groups in total. The number of aromatic hydroxyl groups is 1. The van der Waals surface area contributed by atoms with Crippen LogP contribution in [0.3, 0.4) is 0 Å². The van der Waals surface area contributed by atoms with Gasteiger partial charge < -0.3 is 10.8 Å². The second-order valence-electron chi connectivity index (χ2n) is 4.84. The van der Waals surface area contributed by atoms with Crippen molar-refractivity contribution in [3.63, 3.8) is 0 Å². The molecular formula is C12H19NO. The number of hydrogen-bond donors (Lipinski definition) is 2. The van der Waals surface area contributed by atoms with Crippen molar-refractivity contribution in [3.05, 3.63) is 29.8 Å². The predicted octanol–water partition coefficient (Wildman–Crippen LogP) is 2.31. The molecule has 14 heavy (non-hydrogen) atoms. The maximum Gasteiger partial charge on any atom is 0.115 e. The van der Waals surface area contributed by atoms with Crippen LogP contribution in [0.15, 0.2) is 24.3 Å². The van der Waals surface area contributed by atoms with Crippen molar-refractivity contribution in [2.75, 3.05) is 0 Å². The van der Waals surface area contributed by atoms with E-state index in [1.807, 2.05) is 12.1 Å². The van der Waals surface area contributed by atoms with Crippen molar-refractivity contribution in [1.29, 1.82) is 0 Å². The van der Waals surface area contributed by atoms with E-state index in [4.69, 9.17) is 10.8 Å². The standard InChI is InChI=1S/C12H19NO/c1-12(2,3)11(13)8-9-4-6-10(14)7-5-9/h4-7,11,14H,8,13H2,1-3H3/t11-/m0/s1. The van der Waals surface area contributed by atoms with Crippen LogP contribution in [0.25, 0.3) is 0 Å².